The average molecular weight is 227 g/mol. The Morgan fingerprint density at radius 1 is 1.29 bits per heavy atom. The Labute approximate surface area is 94.8 Å². The summed E-state index contributed by atoms with van der Waals surface area (Å²) in [4.78, 5) is 0. The summed E-state index contributed by atoms with van der Waals surface area (Å²) in [5.41, 5.74) is 2.16. The van der Waals surface area contributed by atoms with Gasteiger partial charge in [0.05, 0.1) is 0 Å². The Morgan fingerprint density at radius 2 is 2.00 bits per heavy atom. The lowest BCUT2D eigenvalue weighted by atomic mass is 10.1. The van der Waals surface area contributed by atoms with Crippen molar-refractivity contribution < 1.29 is 0 Å². The first-order valence-corrected chi connectivity index (χ1v) is 5.15. The van der Waals surface area contributed by atoms with E-state index in [2.05, 4.69) is 0 Å². The van der Waals surface area contributed by atoms with E-state index in [0.717, 1.165) is 11.1 Å². The maximum atomic E-state index is 6.02. The molecule has 0 saturated carbocycles. The molecular formula is C12H12Cl2. The lowest BCUT2D eigenvalue weighted by molar-refractivity contribution is 1.52. The van der Waals surface area contributed by atoms with Gasteiger partial charge in [0.15, 0.2) is 0 Å². The van der Waals surface area contributed by atoms with Crippen molar-refractivity contribution >= 4 is 29.3 Å². The third-order valence-electron chi connectivity index (χ3n) is 1.78. The van der Waals surface area contributed by atoms with Crippen LogP contribution >= 0.6 is 23.2 Å². The van der Waals surface area contributed by atoms with Crippen LogP contribution in [0.15, 0.2) is 35.9 Å². The quantitative estimate of drug-likeness (QED) is 0.625. The average Bonchev–Trinajstić information content (AvgIpc) is 2.10. The van der Waals surface area contributed by atoms with Gasteiger partial charge in [-0.15, -0.1) is 0 Å². The van der Waals surface area contributed by atoms with E-state index < -0.39 is 0 Å². The molecule has 0 aromatic heterocycles. The zero-order valence-electron chi connectivity index (χ0n) is 8.22. The molecule has 1 aromatic rings. The van der Waals surface area contributed by atoms with Crippen LogP contribution in [-0.4, -0.2) is 0 Å². The van der Waals surface area contributed by atoms with E-state index in [1.807, 2.05) is 44.2 Å². The van der Waals surface area contributed by atoms with Crippen LogP contribution in [0.5, 0.6) is 0 Å². The normalized spacial score (nSPS) is 12.4. The number of benzene rings is 1. The smallest absolute Gasteiger partial charge is 0.0493 e. The van der Waals surface area contributed by atoms with Crippen molar-refractivity contribution in [1.29, 1.82) is 0 Å². The minimum atomic E-state index is 0.663. The van der Waals surface area contributed by atoms with Crippen molar-refractivity contribution in [2.45, 2.75) is 13.8 Å². The molecule has 0 aliphatic carbocycles. The fourth-order valence-corrected chi connectivity index (χ4v) is 1.64. The lowest BCUT2D eigenvalue weighted by Gasteiger charge is -1.99. The zero-order valence-corrected chi connectivity index (χ0v) is 9.73. The highest BCUT2D eigenvalue weighted by molar-refractivity contribution is 6.35. The molecule has 0 aliphatic rings. The van der Waals surface area contributed by atoms with E-state index >= 15 is 0 Å². The summed E-state index contributed by atoms with van der Waals surface area (Å²) in [5.74, 6) is 0. The number of allylic oxidation sites excluding steroid dienone is 3. The van der Waals surface area contributed by atoms with Gasteiger partial charge in [-0.2, -0.15) is 0 Å². The predicted octanol–water partition coefficient (Wildman–Crippen LogP) is 4.97. The number of halogens is 2. The topological polar surface area (TPSA) is 0 Å². The van der Waals surface area contributed by atoms with Gasteiger partial charge < -0.3 is 0 Å². The summed E-state index contributed by atoms with van der Waals surface area (Å²) in [7, 11) is 0. The van der Waals surface area contributed by atoms with E-state index in [4.69, 9.17) is 23.2 Å². The van der Waals surface area contributed by atoms with Gasteiger partial charge >= 0.3 is 0 Å². The third-order valence-corrected chi connectivity index (χ3v) is 2.34. The van der Waals surface area contributed by atoms with Crippen molar-refractivity contribution in [3.8, 4) is 0 Å². The molecule has 0 unspecified atom stereocenters. The van der Waals surface area contributed by atoms with Crippen molar-refractivity contribution in [3.05, 3.63) is 51.5 Å². The zero-order chi connectivity index (χ0) is 10.6. The van der Waals surface area contributed by atoms with Gasteiger partial charge in [-0.25, -0.2) is 0 Å². The highest BCUT2D eigenvalue weighted by atomic mass is 35.5. The molecule has 0 spiro atoms. The van der Waals surface area contributed by atoms with Crippen LogP contribution in [0.4, 0.5) is 0 Å². The molecular weight excluding hydrogens is 215 g/mol. The molecule has 1 rings (SSSR count). The molecule has 2 heteroatoms. The minimum Gasteiger partial charge on any atom is -0.0874 e. The van der Waals surface area contributed by atoms with Crippen LogP contribution in [0.3, 0.4) is 0 Å². The van der Waals surface area contributed by atoms with Crippen LogP contribution in [-0.2, 0) is 0 Å². The first kappa shape index (κ1) is 11.4. The highest BCUT2D eigenvalue weighted by Gasteiger charge is 1.97. The first-order chi connectivity index (χ1) is 6.63. The molecule has 14 heavy (non-hydrogen) atoms. The van der Waals surface area contributed by atoms with Gasteiger partial charge in [0.1, 0.15) is 0 Å². The second kappa shape index (κ2) is 5.23. The summed E-state index contributed by atoms with van der Waals surface area (Å²) in [6.45, 7) is 4.02. The molecule has 0 atom stereocenters. The molecule has 0 N–H and O–H groups in total. The third kappa shape index (κ3) is 3.21. The van der Waals surface area contributed by atoms with E-state index in [0.29, 0.717) is 10.0 Å². The summed E-state index contributed by atoms with van der Waals surface area (Å²) in [5, 5.41) is 1.34. The number of rotatable bonds is 2. The standard InChI is InChI=1S/C12H12Cl2/c1-3-4-9(2)7-10-5-6-11(13)8-12(10)14/h3-8H,1-2H3. The first-order valence-electron chi connectivity index (χ1n) is 4.39. The molecule has 0 radical (unpaired) electrons. The molecule has 0 bridgehead atoms. The number of hydrogen-bond donors (Lipinski definition) is 0. The summed E-state index contributed by atoms with van der Waals surface area (Å²) < 4.78 is 0. The SMILES string of the molecule is CC=CC(C)=Cc1ccc(Cl)cc1Cl. The van der Waals surface area contributed by atoms with Gasteiger partial charge in [0, 0.05) is 10.0 Å². The van der Waals surface area contributed by atoms with Crippen molar-refractivity contribution in [1.82, 2.24) is 0 Å². The molecule has 0 nitrogen and oxygen atoms in total. The molecule has 0 amide bonds. The Morgan fingerprint density at radius 3 is 2.57 bits per heavy atom. The monoisotopic (exact) mass is 226 g/mol. The fraction of sp³-hybridized carbons (Fsp3) is 0.167. The molecule has 74 valence electrons. The van der Waals surface area contributed by atoms with E-state index in [1.165, 1.54) is 0 Å². The Balaban J connectivity index is 3.03. The Bertz CT molecular complexity index is 376. The molecule has 0 fully saturated rings. The van der Waals surface area contributed by atoms with Gasteiger partial charge in [-0.1, -0.05) is 53.1 Å². The summed E-state index contributed by atoms with van der Waals surface area (Å²) >= 11 is 11.8. The minimum absolute atomic E-state index is 0.663. The Hall–Kier alpha value is -0.720. The van der Waals surface area contributed by atoms with Crippen LogP contribution in [0.25, 0.3) is 6.08 Å². The summed E-state index contributed by atoms with van der Waals surface area (Å²) in [6, 6.07) is 5.50. The van der Waals surface area contributed by atoms with Gasteiger partial charge in [-0.3, -0.25) is 0 Å². The molecule has 0 heterocycles. The highest BCUT2D eigenvalue weighted by Crippen LogP contribution is 2.23. The molecule has 0 aliphatic heterocycles. The molecule has 1 aromatic carbocycles. The second-order valence-electron chi connectivity index (χ2n) is 3.05. The Kier molecular flexibility index (Phi) is 4.24. The van der Waals surface area contributed by atoms with Crippen LogP contribution < -0.4 is 0 Å². The molecule has 0 saturated heterocycles. The largest absolute Gasteiger partial charge is 0.0874 e. The van der Waals surface area contributed by atoms with E-state index in [1.54, 1.807) is 6.07 Å². The van der Waals surface area contributed by atoms with Gasteiger partial charge in [-0.05, 0) is 31.5 Å². The predicted molar refractivity (Wildman–Crippen MR) is 64.9 cm³/mol. The van der Waals surface area contributed by atoms with Crippen LogP contribution in [0.1, 0.15) is 19.4 Å². The van der Waals surface area contributed by atoms with Gasteiger partial charge in [0.25, 0.3) is 0 Å². The van der Waals surface area contributed by atoms with Crippen molar-refractivity contribution in [2.75, 3.05) is 0 Å². The van der Waals surface area contributed by atoms with Crippen LogP contribution in [0.2, 0.25) is 10.0 Å². The summed E-state index contributed by atoms with van der Waals surface area (Å²) in [6.07, 6.45) is 6.05. The second-order valence-corrected chi connectivity index (χ2v) is 3.90. The van der Waals surface area contributed by atoms with Gasteiger partial charge in [0.2, 0.25) is 0 Å². The maximum absolute atomic E-state index is 6.02. The number of hydrogen-bond acceptors (Lipinski definition) is 0. The van der Waals surface area contributed by atoms with E-state index in [9.17, 15) is 0 Å². The van der Waals surface area contributed by atoms with Crippen molar-refractivity contribution in [2.24, 2.45) is 0 Å². The lowest BCUT2D eigenvalue weighted by Crippen LogP contribution is -1.77. The van der Waals surface area contributed by atoms with Crippen molar-refractivity contribution in [3.63, 3.8) is 0 Å². The fourth-order valence-electron chi connectivity index (χ4n) is 1.17. The van der Waals surface area contributed by atoms with Crippen LogP contribution in [0, 0.1) is 0 Å². The maximum Gasteiger partial charge on any atom is 0.0493 e. The van der Waals surface area contributed by atoms with E-state index in [-0.39, 0.29) is 0 Å².